The van der Waals surface area contributed by atoms with Gasteiger partial charge in [0.2, 0.25) is 0 Å². The zero-order valence-corrected chi connectivity index (χ0v) is 10.2. The Labute approximate surface area is 99.1 Å². The number of hydrogen-bond acceptors (Lipinski definition) is 4. The molecular formula is C11H16N4S. The highest BCUT2D eigenvalue weighted by Gasteiger charge is 2.07. The monoisotopic (exact) mass is 236 g/mol. The van der Waals surface area contributed by atoms with Gasteiger partial charge in [-0.15, -0.1) is 5.10 Å². The van der Waals surface area contributed by atoms with Crippen LogP contribution in [0.25, 0.3) is 0 Å². The molecule has 2 aromatic heterocycles. The van der Waals surface area contributed by atoms with Crippen molar-refractivity contribution in [3.8, 4) is 0 Å². The second-order valence-electron chi connectivity index (χ2n) is 3.80. The summed E-state index contributed by atoms with van der Waals surface area (Å²) in [5.74, 6) is 0. The van der Waals surface area contributed by atoms with Gasteiger partial charge >= 0.3 is 0 Å². The van der Waals surface area contributed by atoms with Gasteiger partial charge in [0.1, 0.15) is 0 Å². The summed E-state index contributed by atoms with van der Waals surface area (Å²) in [6.07, 6.45) is 3.83. The topological polar surface area (TPSA) is 56.7 Å². The van der Waals surface area contributed by atoms with Crippen LogP contribution in [0.15, 0.2) is 23.0 Å². The summed E-state index contributed by atoms with van der Waals surface area (Å²) < 4.78 is 1.86. The molecule has 0 amide bonds. The van der Waals surface area contributed by atoms with Gasteiger partial charge in [-0.1, -0.05) is 12.1 Å². The molecule has 0 fully saturated rings. The van der Waals surface area contributed by atoms with Crippen LogP contribution in [0.4, 0.5) is 0 Å². The fraction of sp³-hybridized carbons (Fsp3) is 0.455. The van der Waals surface area contributed by atoms with E-state index in [1.807, 2.05) is 10.9 Å². The van der Waals surface area contributed by atoms with Gasteiger partial charge in [0.25, 0.3) is 0 Å². The van der Waals surface area contributed by atoms with Crippen molar-refractivity contribution < 1.29 is 0 Å². The first-order chi connectivity index (χ1) is 7.79. The van der Waals surface area contributed by atoms with Crippen molar-refractivity contribution in [3.05, 3.63) is 34.3 Å². The van der Waals surface area contributed by atoms with E-state index in [1.54, 1.807) is 11.3 Å². The second kappa shape index (κ2) is 5.23. The molecule has 2 heterocycles. The average Bonchev–Trinajstić information content (AvgIpc) is 2.96. The Morgan fingerprint density at radius 2 is 2.44 bits per heavy atom. The Bertz CT molecular complexity index is 421. The number of aromatic nitrogens is 3. The Morgan fingerprint density at radius 3 is 3.12 bits per heavy atom. The molecule has 0 radical (unpaired) electrons. The van der Waals surface area contributed by atoms with E-state index in [0.29, 0.717) is 0 Å². The van der Waals surface area contributed by atoms with Crippen LogP contribution in [0.3, 0.4) is 0 Å². The van der Waals surface area contributed by atoms with Gasteiger partial charge in [-0.2, -0.15) is 11.3 Å². The third kappa shape index (κ3) is 2.68. The van der Waals surface area contributed by atoms with Gasteiger partial charge in [-0.05, 0) is 35.2 Å². The molecule has 2 aromatic rings. The van der Waals surface area contributed by atoms with Gasteiger partial charge in [-0.25, -0.2) is 0 Å². The normalized spacial score (nSPS) is 12.9. The molecule has 16 heavy (non-hydrogen) atoms. The molecule has 0 saturated heterocycles. The summed E-state index contributed by atoms with van der Waals surface area (Å²) in [4.78, 5) is 0. The fourth-order valence-corrected chi connectivity index (χ4v) is 2.18. The van der Waals surface area contributed by atoms with Crippen molar-refractivity contribution in [2.45, 2.75) is 32.4 Å². The minimum atomic E-state index is 0.00916. The number of rotatable bonds is 5. The van der Waals surface area contributed by atoms with E-state index in [9.17, 15) is 0 Å². The van der Waals surface area contributed by atoms with Crippen LogP contribution >= 0.6 is 11.3 Å². The summed E-state index contributed by atoms with van der Waals surface area (Å²) in [5.41, 5.74) is 8.12. The highest BCUT2D eigenvalue weighted by Crippen LogP contribution is 2.10. The summed E-state index contributed by atoms with van der Waals surface area (Å²) in [6, 6.07) is 2.15. The van der Waals surface area contributed by atoms with E-state index in [-0.39, 0.29) is 6.04 Å². The number of aryl methyl sites for hydroxylation is 2. The van der Waals surface area contributed by atoms with E-state index in [1.165, 1.54) is 5.56 Å². The molecule has 1 atom stereocenters. The van der Waals surface area contributed by atoms with Gasteiger partial charge in [0, 0.05) is 6.54 Å². The summed E-state index contributed by atoms with van der Waals surface area (Å²) >= 11 is 1.72. The highest BCUT2D eigenvalue weighted by molar-refractivity contribution is 7.07. The number of hydrogen-bond donors (Lipinski definition) is 1. The van der Waals surface area contributed by atoms with E-state index in [2.05, 4.69) is 34.1 Å². The lowest BCUT2D eigenvalue weighted by Gasteiger charge is -2.01. The molecule has 0 aromatic carbocycles. The molecule has 2 rings (SSSR count). The summed E-state index contributed by atoms with van der Waals surface area (Å²) in [5, 5.41) is 12.4. The van der Waals surface area contributed by atoms with Crippen molar-refractivity contribution in [3.63, 3.8) is 0 Å². The quantitative estimate of drug-likeness (QED) is 0.863. The smallest absolute Gasteiger partial charge is 0.0993 e. The third-order valence-corrected chi connectivity index (χ3v) is 3.32. The average molecular weight is 236 g/mol. The van der Waals surface area contributed by atoms with Crippen molar-refractivity contribution in [2.24, 2.45) is 5.73 Å². The lowest BCUT2D eigenvalue weighted by atomic mass is 10.2. The first kappa shape index (κ1) is 11.3. The molecule has 0 saturated carbocycles. The summed E-state index contributed by atoms with van der Waals surface area (Å²) in [7, 11) is 0. The van der Waals surface area contributed by atoms with Crippen LogP contribution in [0, 0.1) is 0 Å². The number of thiophene rings is 1. The van der Waals surface area contributed by atoms with Crippen molar-refractivity contribution in [2.75, 3.05) is 0 Å². The Morgan fingerprint density at radius 1 is 1.56 bits per heavy atom. The first-order valence-electron chi connectivity index (χ1n) is 5.46. The molecule has 0 aliphatic rings. The maximum Gasteiger partial charge on any atom is 0.0993 e. The Balaban J connectivity index is 1.93. The Kier molecular flexibility index (Phi) is 3.69. The lowest BCUT2D eigenvalue weighted by molar-refractivity contribution is 0.589. The SMILES string of the molecule is CCC(N)c1cn(CCc2ccsc2)nn1. The van der Waals surface area contributed by atoms with Crippen molar-refractivity contribution in [1.82, 2.24) is 15.0 Å². The molecule has 0 bridgehead atoms. The predicted molar refractivity (Wildman–Crippen MR) is 65.3 cm³/mol. The maximum absolute atomic E-state index is 5.88. The van der Waals surface area contributed by atoms with Crippen molar-refractivity contribution >= 4 is 11.3 Å². The van der Waals surface area contributed by atoms with Crippen LogP contribution in [-0.2, 0) is 13.0 Å². The van der Waals surface area contributed by atoms with Crippen molar-refractivity contribution in [1.29, 1.82) is 0 Å². The van der Waals surface area contributed by atoms with E-state index in [4.69, 9.17) is 5.73 Å². The molecule has 1 unspecified atom stereocenters. The van der Waals surface area contributed by atoms with Gasteiger partial charge in [0.15, 0.2) is 0 Å². The van der Waals surface area contributed by atoms with E-state index in [0.717, 1.165) is 25.1 Å². The fourth-order valence-electron chi connectivity index (χ4n) is 1.48. The molecule has 2 N–H and O–H groups in total. The maximum atomic E-state index is 5.88. The van der Waals surface area contributed by atoms with E-state index >= 15 is 0 Å². The minimum Gasteiger partial charge on any atom is -0.323 e. The van der Waals surface area contributed by atoms with Gasteiger partial charge in [0.05, 0.1) is 17.9 Å². The van der Waals surface area contributed by atoms with Crippen LogP contribution < -0.4 is 5.73 Å². The van der Waals surface area contributed by atoms with Crippen LogP contribution in [-0.4, -0.2) is 15.0 Å². The van der Waals surface area contributed by atoms with Gasteiger partial charge in [-0.3, -0.25) is 4.68 Å². The van der Waals surface area contributed by atoms with Crippen LogP contribution in [0.5, 0.6) is 0 Å². The number of nitrogens with two attached hydrogens (primary N) is 1. The third-order valence-electron chi connectivity index (χ3n) is 2.59. The minimum absolute atomic E-state index is 0.00916. The zero-order valence-electron chi connectivity index (χ0n) is 9.34. The van der Waals surface area contributed by atoms with Gasteiger partial charge < -0.3 is 5.73 Å². The Hall–Kier alpha value is -1.20. The second-order valence-corrected chi connectivity index (χ2v) is 4.58. The highest BCUT2D eigenvalue weighted by atomic mass is 32.1. The van der Waals surface area contributed by atoms with E-state index < -0.39 is 0 Å². The molecular weight excluding hydrogens is 220 g/mol. The molecule has 5 heteroatoms. The lowest BCUT2D eigenvalue weighted by Crippen LogP contribution is -2.08. The predicted octanol–water partition coefficient (Wildman–Crippen LogP) is 1.99. The number of nitrogens with zero attached hydrogens (tertiary/aromatic N) is 3. The largest absolute Gasteiger partial charge is 0.323 e. The molecule has 0 spiro atoms. The molecule has 0 aliphatic heterocycles. The molecule has 0 aliphatic carbocycles. The zero-order chi connectivity index (χ0) is 11.4. The summed E-state index contributed by atoms with van der Waals surface area (Å²) in [6.45, 7) is 2.91. The molecule has 4 nitrogen and oxygen atoms in total. The molecule has 86 valence electrons. The standard InChI is InChI=1S/C11H16N4S/c1-2-10(12)11-7-15(14-13-11)5-3-9-4-6-16-8-9/h4,6-8,10H,2-3,5,12H2,1H3. The van der Waals surface area contributed by atoms with Crippen LogP contribution in [0.2, 0.25) is 0 Å². The van der Waals surface area contributed by atoms with Crippen LogP contribution in [0.1, 0.15) is 30.6 Å². The first-order valence-corrected chi connectivity index (χ1v) is 6.40.